The smallest absolute Gasteiger partial charge is 0.354 e. The molecule has 18 nitrogen and oxygen atoms in total. The van der Waals surface area contributed by atoms with Gasteiger partial charge in [0.05, 0.1) is 25.5 Å². The number of nitrogens with one attached hydrogen (secondary N) is 2. The van der Waals surface area contributed by atoms with Gasteiger partial charge in [0.2, 0.25) is 11.8 Å². The van der Waals surface area contributed by atoms with Gasteiger partial charge in [-0.25, -0.2) is 37.6 Å². The lowest BCUT2D eigenvalue weighted by atomic mass is 9.99. The third kappa shape index (κ3) is 7.68. The van der Waals surface area contributed by atoms with Crippen LogP contribution in [0.3, 0.4) is 0 Å². The summed E-state index contributed by atoms with van der Waals surface area (Å²) in [7, 11) is -3.85. The average Bonchev–Trinajstić information content (AvgIpc) is 4.07. The second kappa shape index (κ2) is 16.2. The number of ether oxygens (including phenoxy) is 4. The number of anilines is 2. The van der Waals surface area contributed by atoms with Crippen molar-refractivity contribution in [2.24, 2.45) is 19.0 Å². The molecule has 2 aromatic carbocycles. The highest BCUT2D eigenvalue weighted by molar-refractivity contribution is 7.92. The number of rotatable bonds is 6. The lowest BCUT2D eigenvalue weighted by Crippen LogP contribution is -2.32. The third-order valence-electron chi connectivity index (χ3n) is 12.2. The number of urea groups is 2. The van der Waals surface area contributed by atoms with Gasteiger partial charge in [-0.1, -0.05) is 12.1 Å². The van der Waals surface area contributed by atoms with Gasteiger partial charge >= 0.3 is 12.1 Å². The number of aromatic nitrogens is 4. The Morgan fingerprint density at radius 1 is 0.650 bits per heavy atom. The van der Waals surface area contributed by atoms with Gasteiger partial charge in [-0.15, -0.1) is 8.73 Å². The van der Waals surface area contributed by atoms with Crippen LogP contribution in [-0.2, 0) is 93.8 Å². The fourth-order valence-electron chi connectivity index (χ4n) is 9.33. The van der Waals surface area contributed by atoms with Crippen molar-refractivity contribution in [2.75, 3.05) is 38.1 Å². The summed E-state index contributed by atoms with van der Waals surface area (Å²) in [6, 6.07) is 3.16. The maximum atomic E-state index is 13.1. The fraction of sp³-hybridized carbons (Fsp3) is 0.500. The van der Waals surface area contributed by atoms with Crippen LogP contribution in [0, 0.1) is 0 Å². The molecule has 4 atom stereocenters. The largest absolute Gasteiger partial charge is 0.474 e. The van der Waals surface area contributed by atoms with Crippen LogP contribution in [0.15, 0.2) is 43.0 Å². The molecule has 0 saturated carbocycles. The Hall–Kier alpha value is -4.86. The van der Waals surface area contributed by atoms with Gasteiger partial charge in [0, 0.05) is 25.6 Å². The SMILES string of the molecule is CO[C@@H]1COc2c(S(N)(=O)=NC(=O)Nc3c4c(cc5c3CCC5)CCC4)cnn2C1.CO[C@@H]1COc2c(S(N)(=O)=NC(=O)Nc3c4c(cc5c3CCC5)CCC4)cnn2C1. The van der Waals surface area contributed by atoms with E-state index in [0.29, 0.717) is 26.3 Å². The molecule has 6 N–H and O–H groups in total. The first kappa shape index (κ1) is 40.5. The summed E-state index contributed by atoms with van der Waals surface area (Å²) >= 11 is 0. The van der Waals surface area contributed by atoms with E-state index in [1.165, 1.54) is 66.3 Å². The molecule has 4 aromatic rings. The van der Waals surface area contributed by atoms with Crippen molar-refractivity contribution in [1.82, 2.24) is 19.6 Å². The minimum Gasteiger partial charge on any atom is -0.474 e. The molecule has 4 heterocycles. The lowest BCUT2D eigenvalue weighted by molar-refractivity contribution is 0.0165. The second-order valence-corrected chi connectivity index (χ2v) is 19.5. The van der Waals surface area contributed by atoms with Crippen LogP contribution in [0.2, 0.25) is 0 Å². The Kier molecular flexibility index (Phi) is 10.9. The number of hydrogen-bond donors (Lipinski definition) is 4. The van der Waals surface area contributed by atoms with Crippen molar-refractivity contribution >= 4 is 43.3 Å². The molecule has 0 bridgehead atoms. The van der Waals surface area contributed by atoms with Crippen LogP contribution in [0.5, 0.6) is 11.8 Å². The zero-order valence-corrected chi connectivity index (χ0v) is 35.3. The monoisotopic (exact) mass is 862 g/mol. The number of hydrogen-bond acceptors (Lipinski definition) is 10. The average molecular weight is 863 g/mol. The molecular weight excluding hydrogens is 813 g/mol. The molecule has 2 aliphatic heterocycles. The predicted octanol–water partition coefficient (Wildman–Crippen LogP) is 4.40. The van der Waals surface area contributed by atoms with Crippen molar-refractivity contribution in [3.8, 4) is 11.8 Å². The molecule has 4 amide bonds. The van der Waals surface area contributed by atoms with Crippen LogP contribution in [0.4, 0.5) is 21.0 Å². The van der Waals surface area contributed by atoms with Crippen LogP contribution >= 0.6 is 0 Å². The topological polar surface area (TPSA) is 242 Å². The Morgan fingerprint density at radius 2 is 1.00 bits per heavy atom. The molecule has 2 unspecified atom stereocenters. The zero-order chi connectivity index (χ0) is 41.8. The summed E-state index contributed by atoms with van der Waals surface area (Å²) in [5.74, 6) is 0.544. The van der Waals surface area contributed by atoms with Gasteiger partial charge < -0.3 is 29.6 Å². The van der Waals surface area contributed by atoms with E-state index in [-0.39, 0.29) is 33.8 Å². The summed E-state index contributed by atoms with van der Waals surface area (Å²) in [4.78, 5) is 25.8. The van der Waals surface area contributed by atoms with Gasteiger partial charge in [-0.2, -0.15) is 10.2 Å². The standard InChI is InChI=1S/2C20H25N5O4S/c2*1-28-14-10-25-19(29-11-14)17(9-22-25)30(21,27)24-20(26)23-18-15-6-2-4-12(15)8-13-5-3-7-16(13)18/h2*8-9,14H,2-7,10-11H2,1H3,(H3,21,23,24,26,27)/t2*14-,30?/m00/s1. The van der Waals surface area contributed by atoms with Crippen LogP contribution in [0.1, 0.15) is 70.2 Å². The second-order valence-electron chi connectivity index (χ2n) is 16.0. The summed E-state index contributed by atoms with van der Waals surface area (Å²) in [5, 5.41) is 26.1. The van der Waals surface area contributed by atoms with E-state index in [9.17, 15) is 18.0 Å². The molecular formula is C40H50N10O8S2. The molecule has 2 aromatic heterocycles. The van der Waals surface area contributed by atoms with Crippen molar-refractivity contribution in [1.29, 1.82) is 0 Å². The zero-order valence-electron chi connectivity index (χ0n) is 33.7. The molecule has 0 spiro atoms. The van der Waals surface area contributed by atoms with Crippen molar-refractivity contribution in [3.63, 3.8) is 0 Å². The van der Waals surface area contributed by atoms with Gasteiger partial charge in [0.25, 0.3) is 0 Å². The number of nitrogens with zero attached hydrogens (tertiary/aromatic N) is 6. The minimum absolute atomic E-state index is 0.121. The Labute approximate surface area is 348 Å². The van der Waals surface area contributed by atoms with Gasteiger partial charge in [0.15, 0.2) is 19.8 Å². The van der Waals surface area contributed by atoms with Crippen LogP contribution in [-0.4, -0.2) is 79.7 Å². The van der Waals surface area contributed by atoms with Crippen molar-refractivity contribution in [2.45, 2.75) is 112 Å². The van der Waals surface area contributed by atoms with Crippen molar-refractivity contribution in [3.05, 3.63) is 69.0 Å². The van der Waals surface area contributed by atoms with Crippen molar-refractivity contribution < 1.29 is 37.0 Å². The molecule has 60 heavy (non-hydrogen) atoms. The first-order chi connectivity index (χ1) is 28.9. The summed E-state index contributed by atoms with van der Waals surface area (Å²) in [5.41, 5.74) is 11.6. The number of methoxy groups -OCH3 is 2. The number of benzene rings is 2. The molecule has 10 rings (SSSR count). The number of amides is 4. The van der Waals surface area contributed by atoms with Gasteiger partial charge in [-0.3, -0.25) is 0 Å². The Morgan fingerprint density at radius 3 is 1.33 bits per heavy atom. The third-order valence-corrected chi connectivity index (χ3v) is 14.9. The lowest BCUT2D eigenvalue weighted by Gasteiger charge is -2.23. The number of aryl methyl sites for hydroxylation is 4. The molecule has 6 aliphatic rings. The van der Waals surface area contributed by atoms with Gasteiger partial charge in [0.1, 0.15) is 35.2 Å². The molecule has 0 saturated heterocycles. The fourth-order valence-corrected chi connectivity index (χ4v) is 11.3. The molecule has 0 radical (unpaired) electrons. The number of fused-ring (bicyclic) bond motifs is 6. The molecule has 0 fully saturated rings. The van der Waals surface area contributed by atoms with E-state index >= 15 is 0 Å². The van der Waals surface area contributed by atoms with Crippen LogP contribution < -0.4 is 30.4 Å². The van der Waals surface area contributed by atoms with Crippen LogP contribution in [0.25, 0.3) is 0 Å². The quantitative estimate of drug-likeness (QED) is 0.213. The highest BCUT2D eigenvalue weighted by Gasteiger charge is 2.31. The number of carbonyl (C=O) groups is 2. The first-order valence-corrected chi connectivity index (χ1v) is 23.6. The maximum absolute atomic E-state index is 13.1. The van der Waals surface area contributed by atoms with E-state index in [0.717, 1.165) is 88.4 Å². The predicted molar refractivity (Wildman–Crippen MR) is 222 cm³/mol. The normalized spacial score (nSPS) is 21.2. The maximum Gasteiger partial charge on any atom is 0.354 e. The van der Waals surface area contributed by atoms with E-state index in [1.54, 1.807) is 14.2 Å². The number of carbonyl (C=O) groups excluding carboxylic acids is 2. The Balaban J connectivity index is 0.000000154. The van der Waals surface area contributed by atoms with E-state index in [2.05, 4.69) is 41.7 Å². The van der Waals surface area contributed by atoms with Gasteiger partial charge in [-0.05, 0) is 122 Å². The minimum atomic E-state index is -3.52. The van der Waals surface area contributed by atoms with E-state index < -0.39 is 31.9 Å². The Bertz CT molecular complexity index is 2410. The number of nitrogens with two attached hydrogens (primary N) is 2. The summed E-state index contributed by atoms with van der Waals surface area (Å²) < 4.78 is 58.8. The highest BCUT2D eigenvalue weighted by Crippen LogP contribution is 2.40. The molecule has 20 heteroatoms. The molecule has 320 valence electrons. The first-order valence-electron chi connectivity index (χ1n) is 20.4. The summed E-state index contributed by atoms with van der Waals surface area (Å²) in [6.45, 7) is 1.49. The van der Waals surface area contributed by atoms with E-state index in [4.69, 9.17) is 29.2 Å². The summed E-state index contributed by atoms with van der Waals surface area (Å²) in [6.07, 6.45) is 14.5. The highest BCUT2D eigenvalue weighted by atomic mass is 32.2. The van der Waals surface area contributed by atoms with E-state index in [1.807, 2.05) is 0 Å². The molecule has 4 aliphatic carbocycles.